The molecule has 0 saturated heterocycles. The van der Waals surface area contributed by atoms with E-state index >= 15 is 0 Å². The number of fused-ring (bicyclic) bond motifs is 5. The van der Waals surface area contributed by atoms with E-state index < -0.39 is 0 Å². The van der Waals surface area contributed by atoms with Crippen LogP contribution >= 0.6 is 11.5 Å². The van der Waals surface area contributed by atoms with E-state index in [1.807, 2.05) is 0 Å². The highest BCUT2D eigenvalue weighted by atomic mass is 32.1. The molecule has 0 radical (unpaired) electrons. The summed E-state index contributed by atoms with van der Waals surface area (Å²) in [6.07, 6.45) is 0. The largest absolute Gasteiger partial charge is 0.306 e. The van der Waals surface area contributed by atoms with E-state index in [0.717, 1.165) is 56.1 Å². The second-order valence-electron chi connectivity index (χ2n) is 11.2. The van der Waals surface area contributed by atoms with Crippen molar-refractivity contribution in [3.8, 4) is 22.0 Å². The summed E-state index contributed by atoms with van der Waals surface area (Å²) in [5.74, 6) is 0.752. The predicted octanol–water partition coefficient (Wildman–Crippen LogP) is 11.4. The fraction of sp³-hybridized carbons (Fsp3) is 0. The average molecular weight is 595 g/mol. The van der Waals surface area contributed by atoms with Gasteiger partial charge in [0.1, 0.15) is 5.01 Å². The van der Waals surface area contributed by atoms with Gasteiger partial charge in [-0.1, -0.05) is 103 Å². The van der Waals surface area contributed by atoms with Crippen molar-refractivity contribution in [3.05, 3.63) is 158 Å². The summed E-state index contributed by atoms with van der Waals surface area (Å²) in [5.41, 5.74) is 8.80. The second-order valence-corrected chi connectivity index (χ2v) is 11.9. The first-order chi connectivity index (χ1) is 22.3. The first kappa shape index (κ1) is 25.7. The van der Waals surface area contributed by atoms with Crippen LogP contribution in [0.1, 0.15) is 0 Å². The Balaban J connectivity index is 1.12. The Labute approximate surface area is 265 Å². The molecule has 0 spiro atoms. The fourth-order valence-electron chi connectivity index (χ4n) is 6.45. The average Bonchev–Trinajstić information content (AvgIpc) is 3.61. The fourth-order valence-corrected chi connectivity index (χ4v) is 7.13. The highest BCUT2D eigenvalue weighted by Crippen LogP contribution is 2.54. The Morgan fingerprint density at radius 1 is 0.422 bits per heavy atom. The maximum Gasteiger partial charge on any atom is 0.173 e. The molecule has 0 bridgehead atoms. The summed E-state index contributed by atoms with van der Waals surface area (Å²) in [4.78, 5) is 9.74. The number of hydrogen-bond donors (Lipinski definition) is 0. The van der Waals surface area contributed by atoms with Crippen molar-refractivity contribution < 1.29 is 0 Å². The third-order valence-corrected chi connectivity index (χ3v) is 9.29. The summed E-state index contributed by atoms with van der Waals surface area (Å²) in [6.45, 7) is 0. The molecule has 9 rings (SSSR count). The lowest BCUT2D eigenvalue weighted by atomic mass is 10.00. The van der Waals surface area contributed by atoms with E-state index in [1.165, 1.54) is 33.1 Å². The van der Waals surface area contributed by atoms with Gasteiger partial charge < -0.3 is 9.80 Å². The van der Waals surface area contributed by atoms with Crippen molar-refractivity contribution in [1.29, 1.82) is 0 Å². The molecule has 0 atom stereocenters. The molecular weight excluding hydrogens is 569 g/mol. The molecule has 1 aromatic heterocycles. The van der Waals surface area contributed by atoms with E-state index in [4.69, 9.17) is 9.36 Å². The summed E-state index contributed by atoms with van der Waals surface area (Å²) >= 11 is 1.44. The predicted molar refractivity (Wildman–Crippen MR) is 189 cm³/mol. The normalized spacial score (nSPS) is 12.4. The Kier molecular flexibility index (Phi) is 5.96. The Morgan fingerprint density at radius 2 is 1.00 bits per heavy atom. The van der Waals surface area contributed by atoms with Gasteiger partial charge in [-0.25, -0.2) is 4.98 Å². The van der Waals surface area contributed by atoms with Gasteiger partial charge in [0.25, 0.3) is 0 Å². The molecule has 0 fully saturated rings. The summed E-state index contributed by atoms with van der Waals surface area (Å²) in [6, 6.07) is 55.8. The zero-order valence-electron chi connectivity index (χ0n) is 24.2. The minimum atomic E-state index is 0.752. The molecule has 7 aromatic carbocycles. The highest BCUT2D eigenvalue weighted by molar-refractivity contribution is 7.09. The standard InChI is InChI=1S/C40H26N4S/c1-2-13-31(14-3-1)43-35-17-6-8-19-37(35)44(38-20-9-7-18-36(38)43)32-15-10-12-30(25-32)40-41-39(42-45-40)29-24-23-28-22-21-27-11-4-5-16-33(27)34(28)26-29/h1-26H. The highest BCUT2D eigenvalue weighted by Gasteiger charge is 2.30. The topological polar surface area (TPSA) is 32.3 Å². The van der Waals surface area contributed by atoms with Gasteiger partial charge in [-0.05, 0) is 87.7 Å². The van der Waals surface area contributed by atoms with Gasteiger partial charge in [0.15, 0.2) is 5.82 Å². The lowest BCUT2D eigenvalue weighted by Crippen LogP contribution is -2.23. The van der Waals surface area contributed by atoms with Crippen LogP contribution in [0, 0.1) is 0 Å². The maximum absolute atomic E-state index is 5.04. The van der Waals surface area contributed by atoms with Crippen LogP contribution in [0.4, 0.5) is 34.1 Å². The van der Waals surface area contributed by atoms with Crippen molar-refractivity contribution in [2.45, 2.75) is 0 Å². The van der Waals surface area contributed by atoms with Crippen LogP contribution in [0.5, 0.6) is 0 Å². The van der Waals surface area contributed by atoms with Gasteiger partial charge in [-0.15, -0.1) is 0 Å². The summed E-state index contributed by atoms with van der Waals surface area (Å²) < 4.78 is 4.82. The Hall–Kier alpha value is -5.78. The number of benzene rings is 7. The third-order valence-electron chi connectivity index (χ3n) is 8.52. The smallest absolute Gasteiger partial charge is 0.173 e. The second kappa shape index (κ2) is 10.4. The Morgan fingerprint density at radius 3 is 1.73 bits per heavy atom. The number of para-hydroxylation sites is 5. The first-order valence-corrected chi connectivity index (χ1v) is 15.8. The van der Waals surface area contributed by atoms with Crippen molar-refractivity contribution in [2.24, 2.45) is 0 Å². The molecule has 2 heterocycles. The van der Waals surface area contributed by atoms with Gasteiger partial charge in [-0.2, -0.15) is 4.37 Å². The van der Waals surface area contributed by atoms with E-state index in [1.54, 1.807) is 0 Å². The van der Waals surface area contributed by atoms with Crippen molar-refractivity contribution in [1.82, 2.24) is 9.36 Å². The molecule has 0 saturated carbocycles. The minimum absolute atomic E-state index is 0.752. The quantitative estimate of drug-likeness (QED) is 0.190. The van der Waals surface area contributed by atoms with Crippen LogP contribution in [0.2, 0.25) is 0 Å². The molecular formula is C40H26N4S. The van der Waals surface area contributed by atoms with Gasteiger partial charge in [0.2, 0.25) is 0 Å². The minimum Gasteiger partial charge on any atom is -0.306 e. The molecule has 45 heavy (non-hydrogen) atoms. The summed E-state index contributed by atoms with van der Waals surface area (Å²) in [5, 5.41) is 5.81. The lowest BCUT2D eigenvalue weighted by Gasteiger charge is -2.40. The molecule has 1 aliphatic rings. The number of aromatic nitrogens is 2. The molecule has 0 unspecified atom stereocenters. The SMILES string of the molecule is c1ccc(N2c3ccccc3N(c3cccc(-c4nc(-c5ccc6ccc7ccccc7c6c5)ns4)c3)c3ccccc32)cc1. The van der Waals surface area contributed by atoms with Gasteiger partial charge in [0, 0.05) is 22.5 Å². The van der Waals surface area contributed by atoms with Crippen molar-refractivity contribution in [3.63, 3.8) is 0 Å². The van der Waals surface area contributed by atoms with E-state index in [9.17, 15) is 0 Å². The van der Waals surface area contributed by atoms with Crippen LogP contribution in [-0.4, -0.2) is 9.36 Å². The van der Waals surface area contributed by atoms with E-state index in [-0.39, 0.29) is 0 Å². The summed E-state index contributed by atoms with van der Waals surface area (Å²) in [7, 11) is 0. The zero-order valence-corrected chi connectivity index (χ0v) is 25.0. The van der Waals surface area contributed by atoms with Crippen LogP contribution in [0.25, 0.3) is 43.5 Å². The monoisotopic (exact) mass is 594 g/mol. The Bertz CT molecular complexity index is 2310. The van der Waals surface area contributed by atoms with Crippen molar-refractivity contribution >= 4 is 67.2 Å². The number of rotatable bonds is 4. The molecule has 4 nitrogen and oxygen atoms in total. The molecule has 1 aliphatic heterocycles. The van der Waals surface area contributed by atoms with E-state index in [0.29, 0.717) is 0 Å². The van der Waals surface area contributed by atoms with E-state index in [2.05, 4.69) is 168 Å². The number of hydrogen-bond acceptors (Lipinski definition) is 5. The number of anilines is 6. The van der Waals surface area contributed by atoms with Gasteiger partial charge >= 0.3 is 0 Å². The lowest BCUT2D eigenvalue weighted by molar-refractivity contribution is 1.17. The zero-order chi connectivity index (χ0) is 29.7. The maximum atomic E-state index is 5.04. The number of nitrogens with zero attached hydrogens (tertiary/aromatic N) is 4. The molecule has 0 aliphatic carbocycles. The van der Waals surface area contributed by atoms with Crippen LogP contribution in [0.3, 0.4) is 0 Å². The molecule has 0 N–H and O–H groups in total. The van der Waals surface area contributed by atoms with Crippen LogP contribution < -0.4 is 9.80 Å². The molecule has 8 aromatic rings. The van der Waals surface area contributed by atoms with Gasteiger partial charge in [0.05, 0.1) is 22.7 Å². The van der Waals surface area contributed by atoms with Crippen LogP contribution in [0.15, 0.2) is 158 Å². The third kappa shape index (κ3) is 4.28. The molecule has 5 heteroatoms. The van der Waals surface area contributed by atoms with Gasteiger partial charge in [-0.3, -0.25) is 0 Å². The van der Waals surface area contributed by atoms with Crippen molar-refractivity contribution in [2.75, 3.05) is 9.80 Å². The van der Waals surface area contributed by atoms with Crippen LogP contribution in [-0.2, 0) is 0 Å². The first-order valence-electron chi connectivity index (χ1n) is 15.0. The molecule has 212 valence electrons. The molecule has 0 amide bonds.